The monoisotopic (exact) mass is 401 g/mol. The summed E-state index contributed by atoms with van der Waals surface area (Å²) in [4.78, 5) is 2.20. The normalized spacial score (nSPS) is 22.0. The molecule has 2 heterocycles. The van der Waals surface area contributed by atoms with Crippen LogP contribution in [0.3, 0.4) is 0 Å². The van der Waals surface area contributed by atoms with Gasteiger partial charge in [-0.1, -0.05) is 19.1 Å². The van der Waals surface area contributed by atoms with Gasteiger partial charge in [0.2, 0.25) is 0 Å². The van der Waals surface area contributed by atoms with Crippen LogP contribution in [0, 0.1) is 0 Å². The molecule has 2 aromatic rings. The molecule has 0 unspecified atom stereocenters. The van der Waals surface area contributed by atoms with E-state index in [-0.39, 0.29) is 5.75 Å². The van der Waals surface area contributed by atoms with Crippen LogP contribution in [-0.4, -0.2) is 35.2 Å². The molecule has 1 N–H and O–H groups in total. The Bertz CT molecular complexity index is 881. The van der Waals surface area contributed by atoms with E-state index in [1.54, 1.807) is 12.1 Å². The fraction of sp³-hybridized carbons (Fsp3) is 0.435. The number of nitrogens with zero attached hydrogens (tertiary/aromatic N) is 2. The predicted molar refractivity (Wildman–Crippen MR) is 109 cm³/mol. The molecule has 0 aromatic heterocycles. The fourth-order valence-electron chi connectivity index (χ4n) is 4.37. The molecule has 0 bridgehead atoms. The van der Waals surface area contributed by atoms with Gasteiger partial charge >= 0.3 is 6.61 Å². The second-order valence-corrected chi connectivity index (χ2v) is 7.70. The summed E-state index contributed by atoms with van der Waals surface area (Å²) in [5, 5.41) is 11.8. The van der Waals surface area contributed by atoms with Crippen molar-refractivity contribution in [1.82, 2.24) is 0 Å². The quantitative estimate of drug-likeness (QED) is 0.750. The maximum atomic E-state index is 12.5. The van der Waals surface area contributed by atoms with Crippen molar-refractivity contribution in [2.75, 3.05) is 18.0 Å². The molecule has 0 radical (unpaired) electrons. The molecular formula is C23H27F2N2O2+. The van der Waals surface area contributed by atoms with Crippen molar-refractivity contribution in [2.24, 2.45) is 0 Å². The molecule has 0 aliphatic carbocycles. The van der Waals surface area contributed by atoms with Crippen LogP contribution in [0.25, 0.3) is 0 Å². The van der Waals surface area contributed by atoms with Gasteiger partial charge in [-0.3, -0.25) is 0 Å². The molecule has 0 saturated heterocycles. The molecule has 4 rings (SSSR count). The minimum Gasteiger partial charge on any atom is -0.435 e. The molecule has 0 saturated carbocycles. The molecule has 2 aromatic carbocycles. The number of β-amino-alcohol motifs (C(OH)–C–C–N with tert-alkyl or cyclic N) is 1. The first kappa shape index (κ1) is 19.8. The largest absolute Gasteiger partial charge is 0.435 e. The number of hydrogen-bond acceptors (Lipinski definition) is 3. The molecular weight excluding hydrogens is 374 g/mol. The predicted octanol–water partition coefficient (Wildman–Crippen LogP) is 4.50. The summed E-state index contributed by atoms with van der Waals surface area (Å²) in [7, 11) is 0. The van der Waals surface area contributed by atoms with Gasteiger partial charge in [-0.25, -0.2) is 9.48 Å². The minimum atomic E-state index is -2.86. The Labute approximate surface area is 170 Å². The Hall–Kier alpha value is -2.47. The van der Waals surface area contributed by atoms with Gasteiger partial charge in [-0.2, -0.15) is 8.78 Å². The zero-order chi connectivity index (χ0) is 20.4. The van der Waals surface area contributed by atoms with E-state index in [0.717, 1.165) is 50.2 Å². The number of benzene rings is 2. The smallest absolute Gasteiger partial charge is 0.387 e. The summed E-state index contributed by atoms with van der Waals surface area (Å²) < 4.78 is 31.5. The lowest BCUT2D eigenvalue weighted by Gasteiger charge is -2.23. The summed E-state index contributed by atoms with van der Waals surface area (Å²) in [6.45, 7) is 0.447. The molecule has 0 spiro atoms. The van der Waals surface area contributed by atoms with E-state index < -0.39 is 12.3 Å². The first-order chi connectivity index (χ1) is 14.0. The third-order valence-corrected chi connectivity index (χ3v) is 5.93. The van der Waals surface area contributed by atoms with Gasteiger partial charge < -0.3 is 9.84 Å². The summed E-state index contributed by atoms with van der Waals surface area (Å²) in [5.41, 5.74) is 1.83. The highest BCUT2D eigenvalue weighted by Gasteiger charge is 2.51. The Morgan fingerprint density at radius 3 is 2.45 bits per heavy atom. The van der Waals surface area contributed by atoms with Gasteiger partial charge in [0.25, 0.3) is 11.6 Å². The van der Waals surface area contributed by atoms with E-state index in [2.05, 4.69) is 45.4 Å². The Balaban J connectivity index is 1.70. The minimum absolute atomic E-state index is 0.0948. The first-order valence-corrected chi connectivity index (χ1v) is 10.3. The third-order valence-electron chi connectivity index (χ3n) is 5.93. The van der Waals surface area contributed by atoms with Crippen molar-refractivity contribution < 1.29 is 23.2 Å². The van der Waals surface area contributed by atoms with Gasteiger partial charge in [0, 0.05) is 12.0 Å². The Morgan fingerprint density at radius 2 is 1.79 bits per heavy atom. The molecule has 0 fully saturated rings. The molecule has 154 valence electrons. The highest BCUT2D eigenvalue weighted by Crippen LogP contribution is 2.36. The molecule has 0 amide bonds. The molecule has 2 aliphatic heterocycles. The molecule has 6 heteroatoms. The molecule has 29 heavy (non-hydrogen) atoms. The lowest BCUT2D eigenvalue weighted by Crippen LogP contribution is -2.41. The van der Waals surface area contributed by atoms with E-state index in [9.17, 15) is 13.9 Å². The first-order valence-electron chi connectivity index (χ1n) is 10.3. The average Bonchev–Trinajstić information content (AvgIpc) is 2.87. The number of halogens is 2. The molecule has 2 aliphatic rings. The van der Waals surface area contributed by atoms with Crippen LogP contribution in [0.1, 0.15) is 43.7 Å². The maximum Gasteiger partial charge on any atom is 0.387 e. The number of aliphatic hydroxyl groups is 1. The summed E-state index contributed by atoms with van der Waals surface area (Å²) in [6, 6.07) is 14.8. The number of rotatable bonds is 5. The van der Waals surface area contributed by atoms with Crippen LogP contribution in [-0.2, 0) is 12.1 Å². The number of aryl methyl sites for hydroxylation is 1. The van der Waals surface area contributed by atoms with E-state index in [0.29, 0.717) is 12.1 Å². The summed E-state index contributed by atoms with van der Waals surface area (Å²) >= 11 is 0. The highest BCUT2D eigenvalue weighted by molar-refractivity contribution is 5.95. The maximum absolute atomic E-state index is 12.5. The number of amidine groups is 1. The van der Waals surface area contributed by atoms with E-state index in [1.165, 1.54) is 17.7 Å². The lowest BCUT2D eigenvalue weighted by molar-refractivity contribution is -0.658. The topological polar surface area (TPSA) is 35.7 Å². The molecule has 4 nitrogen and oxygen atoms in total. The van der Waals surface area contributed by atoms with Crippen molar-refractivity contribution in [3.63, 3.8) is 0 Å². The zero-order valence-electron chi connectivity index (χ0n) is 16.7. The highest BCUT2D eigenvalue weighted by atomic mass is 19.3. The van der Waals surface area contributed by atoms with Crippen molar-refractivity contribution in [1.29, 1.82) is 0 Å². The second-order valence-electron chi connectivity index (χ2n) is 7.70. The van der Waals surface area contributed by atoms with E-state index >= 15 is 0 Å². The van der Waals surface area contributed by atoms with E-state index in [1.807, 2.05) is 0 Å². The van der Waals surface area contributed by atoms with Crippen molar-refractivity contribution in [2.45, 2.75) is 51.4 Å². The standard InChI is InChI=1S/C23H27F2N2O2/c1-2-17-7-11-19(12-8-17)26-16-23(28,27-15-5-3-4-6-21(26)27)18-9-13-20(14-10-18)29-22(24)25/h7-14,22,28H,2-6,15-16H2,1H3/q+1/t23-/m0/s1. The van der Waals surface area contributed by atoms with Crippen LogP contribution in [0.2, 0.25) is 0 Å². The second kappa shape index (κ2) is 8.11. The number of hydrogen-bond donors (Lipinski definition) is 1. The Morgan fingerprint density at radius 1 is 1.07 bits per heavy atom. The SMILES string of the molecule is CCc1ccc(N2C[C@](O)(c3ccc(OC(F)F)cc3)[N+]3=C2CCCCC3)cc1. The van der Waals surface area contributed by atoms with Gasteiger partial charge in [0.15, 0.2) is 6.54 Å². The molecule has 1 atom stereocenters. The van der Waals surface area contributed by atoms with Crippen LogP contribution >= 0.6 is 0 Å². The van der Waals surface area contributed by atoms with Crippen molar-refractivity contribution in [3.8, 4) is 5.75 Å². The van der Waals surface area contributed by atoms with Crippen LogP contribution in [0.5, 0.6) is 5.75 Å². The third kappa shape index (κ3) is 3.86. The van der Waals surface area contributed by atoms with Gasteiger partial charge in [0.1, 0.15) is 11.4 Å². The van der Waals surface area contributed by atoms with Crippen molar-refractivity contribution in [3.05, 3.63) is 59.7 Å². The van der Waals surface area contributed by atoms with Crippen molar-refractivity contribution >= 4 is 11.5 Å². The van der Waals surface area contributed by atoms with Crippen LogP contribution in [0.15, 0.2) is 48.5 Å². The summed E-state index contributed by atoms with van der Waals surface area (Å²) in [5.74, 6) is 1.22. The average molecular weight is 401 g/mol. The zero-order valence-corrected chi connectivity index (χ0v) is 16.7. The van der Waals surface area contributed by atoms with E-state index in [4.69, 9.17) is 0 Å². The van der Waals surface area contributed by atoms with Crippen LogP contribution in [0.4, 0.5) is 14.5 Å². The lowest BCUT2D eigenvalue weighted by atomic mass is 10.0. The fourth-order valence-corrected chi connectivity index (χ4v) is 4.37. The van der Waals surface area contributed by atoms with Gasteiger partial charge in [-0.05, 0) is 67.6 Å². The number of alkyl halides is 2. The van der Waals surface area contributed by atoms with Gasteiger partial charge in [-0.15, -0.1) is 0 Å². The van der Waals surface area contributed by atoms with Crippen LogP contribution < -0.4 is 9.64 Å². The summed E-state index contributed by atoms with van der Waals surface area (Å²) in [6.07, 6.45) is 5.12. The van der Waals surface area contributed by atoms with Gasteiger partial charge in [0.05, 0.1) is 6.54 Å². The Kier molecular flexibility index (Phi) is 5.54. The number of ether oxygens (including phenoxy) is 1. The number of anilines is 1.